The summed E-state index contributed by atoms with van der Waals surface area (Å²) >= 11 is 0. The molecule has 2 aromatic rings. The maximum absolute atomic E-state index is 12.3. The summed E-state index contributed by atoms with van der Waals surface area (Å²) in [5, 5.41) is 2.81. The molecule has 1 aromatic heterocycles. The van der Waals surface area contributed by atoms with Crippen molar-refractivity contribution in [2.45, 2.75) is 12.8 Å². The predicted molar refractivity (Wildman–Crippen MR) is 92.7 cm³/mol. The molecule has 1 aliphatic rings. The van der Waals surface area contributed by atoms with Gasteiger partial charge in [-0.15, -0.1) is 13.2 Å². The quantitative estimate of drug-likeness (QED) is 0.882. The summed E-state index contributed by atoms with van der Waals surface area (Å²) in [6, 6.07) is 9.03. The number of carbonyl (C=O) groups excluding carboxylic acids is 1. The zero-order valence-electron chi connectivity index (χ0n) is 14.5. The molecule has 1 aromatic carbocycles. The lowest BCUT2D eigenvalue weighted by Crippen LogP contribution is -2.28. The third-order valence-corrected chi connectivity index (χ3v) is 4.07. The second-order valence-electron chi connectivity index (χ2n) is 5.88. The number of carbonyl (C=O) groups is 1. The minimum Gasteiger partial charge on any atom is -0.481 e. The molecular formula is C18H18F3N3O3. The number of alkyl halides is 3. The van der Waals surface area contributed by atoms with Gasteiger partial charge in [0, 0.05) is 37.7 Å². The van der Waals surface area contributed by atoms with Crippen molar-refractivity contribution in [1.29, 1.82) is 0 Å². The molecule has 3 rings (SSSR count). The summed E-state index contributed by atoms with van der Waals surface area (Å²) < 4.78 is 46.1. The summed E-state index contributed by atoms with van der Waals surface area (Å²) in [5.41, 5.74) is 1.95. The molecule has 2 heterocycles. The third kappa shape index (κ3) is 4.81. The Morgan fingerprint density at radius 1 is 1.11 bits per heavy atom. The van der Waals surface area contributed by atoms with E-state index >= 15 is 0 Å². The molecule has 6 nitrogen and oxygen atoms in total. The van der Waals surface area contributed by atoms with E-state index in [4.69, 9.17) is 4.74 Å². The van der Waals surface area contributed by atoms with E-state index in [9.17, 15) is 18.0 Å². The fourth-order valence-corrected chi connectivity index (χ4v) is 2.84. The zero-order valence-corrected chi connectivity index (χ0v) is 14.5. The minimum absolute atomic E-state index is 0.0193. The highest BCUT2D eigenvalue weighted by Crippen LogP contribution is 2.33. The Balaban J connectivity index is 1.94. The molecule has 9 heteroatoms. The number of methoxy groups -OCH3 is 1. The first-order chi connectivity index (χ1) is 12.9. The zero-order chi connectivity index (χ0) is 19.4. The molecule has 0 spiro atoms. The monoisotopic (exact) mass is 381 g/mol. The van der Waals surface area contributed by atoms with E-state index in [1.54, 1.807) is 6.07 Å². The van der Waals surface area contributed by atoms with Gasteiger partial charge in [0.1, 0.15) is 5.75 Å². The highest BCUT2D eigenvalue weighted by atomic mass is 19.4. The summed E-state index contributed by atoms with van der Waals surface area (Å²) in [7, 11) is 1.49. The summed E-state index contributed by atoms with van der Waals surface area (Å²) in [6.07, 6.45) is -4.39. The Labute approximate surface area is 153 Å². The third-order valence-electron chi connectivity index (χ3n) is 4.07. The van der Waals surface area contributed by atoms with E-state index in [0.717, 1.165) is 5.69 Å². The second kappa shape index (κ2) is 7.73. The molecule has 0 aliphatic carbocycles. The van der Waals surface area contributed by atoms with E-state index in [-0.39, 0.29) is 11.7 Å². The van der Waals surface area contributed by atoms with Crippen molar-refractivity contribution in [2.75, 3.05) is 31.6 Å². The van der Waals surface area contributed by atoms with Crippen LogP contribution in [0.25, 0.3) is 11.3 Å². The van der Waals surface area contributed by atoms with Crippen molar-refractivity contribution in [3.05, 3.63) is 36.4 Å². The van der Waals surface area contributed by atoms with Gasteiger partial charge in [0.25, 0.3) is 0 Å². The fourth-order valence-electron chi connectivity index (χ4n) is 2.84. The lowest BCUT2D eigenvalue weighted by Gasteiger charge is -2.24. The Morgan fingerprint density at radius 3 is 2.52 bits per heavy atom. The lowest BCUT2D eigenvalue weighted by atomic mass is 10.1. The van der Waals surface area contributed by atoms with Crippen LogP contribution in [0.2, 0.25) is 0 Å². The number of halogens is 3. The minimum atomic E-state index is -4.74. The highest BCUT2D eigenvalue weighted by molar-refractivity contribution is 5.79. The molecule has 1 N–H and O–H groups in total. The van der Waals surface area contributed by atoms with Crippen molar-refractivity contribution < 1.29 is 27.4 Å². The second-order valence-corrected chi connectivity index (χ2v) is 5.88. The molecular weight excluding hydrogens is 363 g/mol. The van der Waals surface area contributed by atoms with E-state index in [1.165, 1.54) is 31.4 Å². The first-order valence-corrected chi connectivity index (χ1v) is 8.28. The number of benzene rings is 1. The normalized spacial score (nSPS) is 15.1. The van der Waals surface area contributed by atoms with E-state index in [1.807, 2.05) is 11.0 Å². The molecule has 1 saturated heterocycles. The average molecular weight is 381 g/mol. The number of nitrogens with zero attached hydrogens (tertiary/aromatic N) is 2. The molecule has 0 radical (unpaired) electrons. The maximum atomic E-state index is 12.3. The number of nitrogens with one attached hydrogen (secondary N) is 1. The summed E-state index contributed by atoms with van der Waals surface area (Å²) in [5.74, 6) is 0.0582. The summed E-state index contributed by atoms with van der Waals surface area (Å²) in [6.45, 7) is 1.62. The topological polar surface area (TPSA) is 63.7 Å². The number of ether oxygens (including phenoxy) is 2. The van der Waals surface area contributed by atoms with E-state index in [2.05, 4.69) is 15.0 Å². The van der Waals surface area contributed by atoms with Crippen molar-refractivity contribution in [2.24, 2.45) is 0 Å². The van der Waals surface area contributed by atoms with Gasteiger partial charge in [-0.1, -0.05) is 0 Å². The predicted octanol–water partition coefficient (Wildman–Crippen LogP) is 2.98. The number of amides is 1. The van der Waals surface area contributed by atoms with Crippen LogP contribution in [0.3, 0.4) is 0 Å². The number of rotatable bonds is 4. The van der Waals surface area contributed by atoms with Crippen LogP contribution in [0.4, 0.5) is 18.9 Å². The van der Waals surface area contributed by atoms with Crippen LogP contribution in [0.15, 0.2) is 36.4 Å². The molecule has 1 aliphatic heterocycles. The molecule has 144 valence electrons. The van der Waals surface area contributed by atoms with Crippen LogP contribution in [0.1, 0.15) is 6.42 Å². The molecule has 0 bridgehead atoms. The van der Waals surface area contributed by atoms with Crippen LogP contribution in [-0.2, 0) is 4.79 Å². The maximum Gasteiger partial charge on any atom is 0.573 e. The first kappa shape index (κ1) is 18.8. The smallest absolute Gasteiger partial charge is 0.481 e. The van der Waals surface area contributed by atoms with Gasteiger partial charge in [0.2, 0.25) is 11.8 Å². The van der Waals surface area contributed by atoms with Gasteiger partial charge in [-0.05, 0) is 30.3 Å². The van der Waals surface area contributed by atoms with Crippen LogP contribution in [-0.4, -0.2) is 44.0 Å². The van der Waals surface area contributed by atoms with Gasteiger partial charge >= 0.3 is 6.36 Å². The van der Waals surface area contributed by atoms with Crippen LogP contribution in [0, 0.1) is 0 Å². The Morgan fingerprint density at radius 2 is 1.85 bits per heavy atom. The molecule has 1 amide bonds. The van der Waals surface area contributed by atoms with Crippen molar-refractivity contribution >= 4 is 11.6 Å². The van der Waals surface area contributed by atoms with Crippen molar-refractivity contribution in [1.82, 2.24) is 10.3 Å². The van der Waals surface area contributed by atoms with Gasteiger partial charge in [-0.2, -0.15) is 0 Å². The first-order valence-electron chi connectivity index (χ1n) is 8.28. The lowest BCUT2D eigenvalue weighted by molar-refractivity contribution is -0.274. The largest absolute Gasteiger partial charge is 0.573 e. The summed E-state index contributed by atoms with van der Waals surface area (Å²) in [4.78, 5) is 18.1. The number of hydrogen-bond acceptors (Lipinski definition) is 5. The van der Waals surface area contributed by atoms with Crippen molar-refractivity contribution in [3.63, 3.8) is 0 Å². The van der Waals surface area contributed by atoms with Gasteiger partial charge < -0.3 is 19.7 Å². The number of aromatic nitrogens is 1. The fraction of sp³-hybridized carbons (Fsp3) is 0.333. The van der Waals surface area contributed by atoms with Crippen LogP contribution in [0.5, 0.6) is 11.6 Å². The average Bonchev–Trinajstić information content (AvgIpc) is 2.85. The van der Waals surface area contributed by atoms with Gasteiger partial charge in [-0.25, -0.2) is 4.98 Å². The van der Waals surface area contributed by atoms with E-state index in [0.29, 0.717) is 43.2 Å². The van der Waals surface area contributed by atoms with Gasteiger partial charge in [-0.3, -0.25) is 4.79 Å². The number of pyridine rings is 1. The molecule has 0 unspecified atom stereocenters. The highest BCUT2D eigenvalue weighted by Gasteiger charge is 2.31. The van der Waals surface area contributed by atoms with Crippen molar-refractivity contribution in [3.8, 4) is 22.9 Å². The Bertz CT molecular complexity index is 810. The number of hydrogen-bond donors (Lipinski definition) is 1. The van der Waals surface area contributed by atoms with Gasteiger partial charge in [0.15, 0.2) is 0 Å². The Kier molecular flexibility index (Phi) is 5.38. The molecule has 27 heavy (non-hydrogen) atoms. The molecule has 0 saturated carbocycles. The van der Waals surface area contributed by atoms with Crippen LogP contribution < -0.4 is 19.7 Å². The molecule has 1 fully saturated rings. The number of anilines is 1. The van der Waals surface area contributed by atoms with Crippen LogP contribution >= 0.6 is 0 Å². The van der Waals surface area contributed by atoms with Gasteiger partial charge in [0.05, 0.1) is 18.5 Å². The Hall–Kier alpha value is -2.97. The SMILES string of the molecule is COc1ccc(N2CCNC(=O)CC2)c(-c2ccc(OC(F)(F)F)cc2)n1. The standard InChI is InChI=1S/C18H18F3N3O3/c1-26-16-7-6-14(24-10-8-15(25)22-9-11-24)17(23-16)12-2-4-13(5-3-12)27-18(19,20)21/h2-7H,8-11H2,1H3,(H,22,25). The molecule has 0 atom stereocenters. The van der Waals surface area contributed by atoms with E-state index < -0.39 is 6.36 Å².